The average molecular weight is 247 g/mol. The Balaban J connectivity index is 2.01. The molecule has 2 aromatic rings. The summed E-state index contributed by atoms with van der Waals surface area (Å²) >= 11 is 1.86. The lowest BCUT2D eigenvalue weighted by Crippen LogP contribution is -2.21. The summed E-state index contributed by atoms with van der Waals surface area (Å²) < 4.78 is 1.41. The van der Waals surface area contributed by atoms with Gasteiger partial charge in [0.25, 0.3) is 0 Å². The van der Waals surface area contributed by atoms with Gasteiger partial charge in [-0.2, -0.15) is 0 Å². The largest absolute Gasteiger partial charge is 0.316 e. The summed E-state index contributed by atoms with van der Waals surface area (Å²) in [5.41, 5.74) is 2.84. The first kappa shape index (κ1) is 12.6. The normalized spacial score (nSPS) is 11.5. The Kier molecular flexibility index (Phi) is 4.19. The van der Waals surface area contributed by atoms with E-state index < -0.39 is 0 Å². The lowest BCUT2D eigenvalue weighted by molar-refractivity contribution is 0.555. The Labute approximate surface area is 108 Å². The molecular formula is C15H21NS. The average Bonchev–Trinajstić information content (AvgIpc) is 2.67. The van der Waals surface area contributed by atoms with Gasteiger partial charge >= 0.3 is 0 Å². The number of fused-ring (bicyclic) bond motifs is 1. The van der Waals surface area contributed by atoms with Gasteiger partial charge < -0.3 is 5.32 Å². The predicted molar refractivity (Wildman–Crippen MR) is 78.0 cm³/mol. The van der Waals surface area contributed by atoms with Gasteiger partial charge in [0.1, 0.15) is 0 Å². The Bertz CT molecular complexity index is 485. The van der Waals surface area contributed by atoms with E-state index in [0.29, 0.717) is 0 Å². The molecule has 0 radical (unpaired) electrons. The molecule has 1 aromatic heterocycles. The molecule has 92 valence electrons. The summed E-state index contributed by atoms with van der Waals surface area (Å²) in [5, 5.41) is 7.26. The summed E-state index contributed by atoms with van der Waals surface area (Å²) in [6.45, 7) is 8.85. The first-order valence-electron chi connectivity index (χ1n) is 6.34. The third kappa shape index (κ3) is 3.30. The van der Waals surface area contributed by atoms with Crippen LogP contribution in [0.4, 0.5) is 0 Å². The van der Waals surface area contributed by atoms with E-state index in [9.17, 15) is 0 Å². The summed E-state index contributed by atoms with van der Waals surface area (Å²) in [6.07, 6.45) is 1.14. The molecule has 2 rings (SSSR count). The molecule has 0 atom stereocenters. The SMILES string of the molecule is Cc1ccc2scc(CCNCC(C)C)c2c1. The highest BCUT2D eigenvalue weighted by Crippen LogP contribution is 2.27. The highest BCUT2D eigenvalue weighted by molar-refractivity contribution is 7.17. The molecule has 0 aliphatic rings. The number of nitrogens with one attached hydrogen (secondary N) is 1. The van der Waals surface area contributed by atoms with Gasteiger partial charge in [-0.25, -0.2) is 0 Å². The molecule has 1 nitrogen and oxygen atoms in total. The van der Waals surface area contributed by atoms with E-state index in [1.807, 2.05) is 11.3 Å². The molecule has 2 heteroatoms. The van der Waals surface area contributed by atoms with Crippen molar-refractivity contribution in [2.24, 2.45) is 5.92 Å². The maximum atomic E-state index is 3.51. The lowest BCUT2D eigenvalue weighted by Gasteiger charge is -2.06. The van der Waals surface area contributed by atoms with Crippen molar-refractivity contribution in [2.75, 3.05) is 13.1 Å². The van der Waals surface area contributed by atoms with Gasteiger partial charge in [0.15, 0.2) is 0 Å². The van der Waals surface area contributed by atoms with E-state index >= 15 is 0 Å². The summed E-state index contributed by atoms with van der Waals surface area (Å²) in [7, 11) is 0. The highest BCUT2D eigenvalue weighted by atomic mass is 32.1. The van der Waals surface area contributed by atoms with Crippen LogP contribution in [-0.4, -0.2) is 13.1 Å². The number of hydrogen-bond acceptors (Lipinski definition) is 2. The van der Waals surface area contributed by atoms with Crippen LogP contribution in [0.5, 0.6) is 0 Å². The molecule has 0 unspecified atom stereocenters. The topological polar surface area (TPSA) is 12.0 Å². The smallest absolute Gasteiger partial charge is 0.0345 e. The van der Waals surface area contributed by atoms with Gasteiger partial charge in [0, 0.05) is 4.70 Å². The Hall–Kier alpha value is -0.860. The minimum atomic E-state index is 0.733. The van der Waals surface area contributed by atoms with Crippen molar-refractivity contribution in [2.45, 2.75) is 27.2 Å². The van der Waals surface area contributed by atoms with E-state index in [0.717, 1.165) is 25.4 Å². The third-order valence-corrected chi connectivity index (χ3v) is 3.95. The van der Waals surface area contributed by atoms with Crippen LogP contribution in [-0.2, 0) is 6.42 Å². The lowest BCUT2D eigenvalue weighted by atomic mass is 10.1. The molecule has 0 bridgehead atoms. The van der Waals surface area contributed by atoms with Crippen molar-refractivity contribution in [1.82, 2.24) is 5.32 Å². The van der Waals surface area contributed by atoms with Crippen LogP contribution in [0.3, 0.4) is 0 Å². The van der Waals surface area contributed by atoms with Crippen LogP contribution >= 0.6 is 11.3 Å². The Morgan fingerprint density at radius 3 is 2.88 bits per heavy atom. The van der Waals surface area contributed by atoms with Gasteiger partial charge in [-0.1, -0.05) is 31.5 Å². The number of rotatable bonds is 5. The predicted octanol–water partition coefficient (Wildman–Crippen LogP) is 4.00. The molecule has 17 heavy (non-hydrogen) atoms. The molecule has 1 N–H and O–H groups in total. The Morgan fingerprint density at radius 1 is 1.29 bits per heavy atom. The van der Waals surface area contributed by atoms with Gasteiger partial charge in [-0.15, -0.1) is 11.3 Å². The van der Waals surface area contributed by atoms with Gasteiger partial charge in [0.2, 0.25) is 0 Å². The van der Waals surface area contributed by atoms with Crippen molar-refractivity contribution < 1.29 is 0 Å². The van der Waals surface area contributed by atoms with Gasteiger partial charge in [-0.05, 0) is 54.7 Å². The van der Waals surface area contributed by atoms with E-state index in [4.69, 9.17) is 0 Å². The van der Waals surface area contributed by atoms with Crippen molar-refractivity contribution >= 4 is 21.4 Å². The van der Waals surface area contributed by atoms with Crippen LogP contribution in [0.1, 0.15) is 25.0 Å². The van der Waals surface area contributed by atoms with E-state index in [-0.39, 0.29) is 0 Å². The zero-order chi connectivity index (χ0) is 12.3. The van der Waals surface area contributed by atoms with Crippen molar-refractivity contribution in [3.8, 4) is 0 Å². The van der Waals surface area contributed by atoms with Gasteiger partial charge in [-0.3, -0.25) is 0 Å². The van der Waals surface area contributed by atoms with Crippen molar-refractivity contribution in [3.05, 3.63) is 34.7 Å². The van der Waals surface area contributed by atoms with Crippen molar-refractivity contribution in [3.63, 3.8) is 0 Å². The summed E-state index contributed by atoms with van der Waals surface area (Å²) in [4.78, 5) is 0. The van der Waals surface area contributed by atoms with Gasteiger partial charge in [0.05, 0.1) is 0 Å². The van der Waals surface area contributed by atoms with Crippen molar-refractivity contribution in [1.29, 1.82) is 0 Å². The van der Waals surface area contributed by atoms with E-state index in [1.165, 1.54) is 21.2 Å². The number of aryl methyl sites for hydroxylation is 1. The molecule has 0 spiro atoms. The number of benzene rings is 1. The number of hydrogen-bond donors (Lipinski definition) is 1. The van der Waals surface area contributed by atoms with Crippen LogP contribution in [0, 0.1) is 12.8 Å². The fraction of sp³-hybridized carbons (Fsp3) is 0.467. The fourth-order valence-electron chi connectivity index (χ4n) is 2.00. The monoisotopic (exact) mass is 247 g/mol. The maximum absolute atomic E-state index is 3.51. The molecule has 0 saturated heterocycles. The highest BCUT2D eigenvalue weighted by Gasteiger charge is 2.04. The molecule has 0 fully saturated rings. The summed E-state index contributed by atoms with van der Waals surface area (Å²) in [5.74, 6) is 0.733. The van der Waals surface area contributed by atoms with Crippen LogP contribution in [0.15, 0.2) is 23.6 Å². The molecule has 0 aliphatic carbocycles. The molecule has 0 amide bonds. The first-order valence-corrected chi connectivity index (χ1v) is 7.22. The Morgan fingerprint density at radius 2 is 2.12 bits per heavy atom. The molecule has 0 saturated carbocycles. The zero-order valence-corrected chi connectivity index (χ0v) is 11.7. The minimum absolute atomic E-state index is 0.733. The third-order valence-electron chi connectivity index (χ3n) is 2.93. The fourth-order valence-corrected chi connectivity index (χ4v) is 2.98. The maximum Gasteiger partial charge on any atom is 0.0345 e. The first-order chi connectivity index (χ1) is 8.16. The molecule has 1 aromatic carbocycles. The van der Waals surface area contributed by atoms with E-state index in [2.05, 4.69) is 49.7 Å². The minimum Gasteiger partial charge on any atom is -0.316 e. The molecule has 1 heterocycles. The standard InChI is InChI=1S/C15H21NS/c1-11(2)9-16-7-6-13-10-17-15-5-4-12(3)8-14(13)15/h4-5,8,10-11,16H,6-7,9H2,1-3H3. The molecular weight excluding hydrogens is 226 g/mol. The number of thiophene rings is 1. The van der Waals surface area contributed by atoms with Crippen LogP contribution in [0.25, 0.3) is 10.1 Å². The second-order valence-electron chi connectivity index (χ2n) is 5.11. The second-order valence-corrected chi connectivity index (χ2v) is 6.02. The zero-order valence-electron chi connectivity index (χ0n) is 10.9. The van der Waals surface area contributed by atoms with Crippen LogP contribution in [0.2, 0.25) is 0 Å². The van der Waals surface area contributed by atoms with Crippen LogP contribution < -0.4 is 5.32 Å². The quantitative estimate of drug-likeness (QED) is 0.788. The summed E-state index contributed by atoms with van der Waals surface area (Å²) in [6, 6.07) is 6.74. The second kappa shape index (κ2) is 5.65. The van der Waals surface area contributed by atoms with E-state index in [1.54, 1.807) is 0 Å². The molecule has 0 aliphatic heterocycles.